The third-order valence-electron chi connectivity index (χ3n) is 4.29. The molecule has 2 aromatic rings. The average Bonchev–Trinajstić information content (AvgIpc) is 3.15. The fraction of sp³-hybridized carbons (Fsp3) is 0.471. The molecular formula is C17H22N4O3S. The first kappa shape index (κ1) is 17.6. The number of thiophene rings is 1. The van der Waals surface area contributed by atoms with E-state index < -0.39 is 5.97 Å². The Labute approximate surface area is 150 Å². The minimum atomic E-state index is -0.398. The van der Waals surface area contributed by atoms with Gasteiger partial charge in [-0.2, -0.15) is 5.10 Å². The molecule has 8 heteroatoms. The van der Waals surface area contributed by atoms with E-state index in [-0.39, 0.29) is 5.91 Å². The Hall–Kier alpha value is -2.19. The second-order valence-electron chi connectivity index (χ2n) is 5.83. The number of carbonyl (C=O) groups excluding carboxylic acids is 2. The molecule has 1 aliphatic heterocycles. The van der Waals surface area contributed by atoms with Crippen LogP contribution in [0.2, 0.25) is 0 Å². The molecule has 0 spiro atoms. The van der Waals surface area contributed by atoms with Crippen molar-refractivity contribution in [3.05, 3.63) is 33.0 Å². The molecule has 134 valence electrons. The number of anilines is 1. The van der Waals surface area contributed by atoms with Crippen LogP contribution < -0.4 is 10.6 Å². The van der Waals surface area contributed by atoms with Crippen LogP contribution in [0.25, 0.3) is 0 Å². The highest BCUT2D eigenvalue weighted by molar-refractivity contribution is 7.16. The number of hydrogen-bond acceptors (Lipinski definition) is 6. The van der Waals surface area contributed by atoms with E-state index in [9.17, 15) is 9.59 Å². The summed E-state index contributed by atoms with van der Waals surface area (Å²) in [5.41, 5.74) is 3.64. The number of nitrogens with zero attached hydrogens (tertiary/aromatic N) is 1. The van der Waals surface area contributed by atoms with Gasteiger partial charge in [-0.05, 0) is 25.8 Å². The van der Waals surface area contributed by atoms with Gasteiger partial charge in [-0.15, -0.1) is 11.3 Å². The van der Waals surface area contributed by atoms with Gasteiger partial charge in [0.25, 0.3) is 5.91 Å². The maximum atomic E-state index is 12.7. The second-order valence-corrected chi connectivity index (χ2v) is 7.05. The van der Waals surface area contributed by atoms with Crippen LogP contribution in [0.1, 0.15) is 56.4 Å². The normalized spacial score (nSPS) is 13.4. The molecule has 0 saturated carbocycles. The van der Waals surface area contributed by atoms with Crippen molar-refractivity contribution in [2.75, 3.05) is 18.5 Å². The molecule has 1 aliphatic rings. The molecule has 0 aliphatic carbocycles. The number of aryl methyl sites for hydroxylation is 1. The summed E-state index contributed by atoms with van der Waals surface area (Å²) < 4.78 is 5.17. The van der Waals surface area contributed by atoms with Gasteiger partial charge in [0.15, 0.2) is 5.69 Å². The van der Waals surface area contributed by atoms with E-state index in [1.807, 2.05) is 13.8 Å². The maximum Gasteiger partial charge on any atom is 0.341 e. The van der Waals surface area contributed by atoms with Crippen molar-refractivity contribution in [2.45, 2.75) is 40.2 Å². The second kappa shape index (κ2) is 7.37. The van der Waals surface area contributed by atoms with E-state index >= 15 is 0 Å². The van der Waals surface area contributed by atoms with Gasteiger partial charge in [0.1, 0.15) is 5.00 Å². The molecule has 7 nitrogen and oxygen atoms in total. The van der Waals surface area contributed by atoms with Crippen molar-refractivity contribution in [3.63, 3.8) is 0 Å². The number of H-pyrrole nitrogens is 1. The molecule has 0 aromatic carbocycles. The number of nitrogens with one attached hydrogen (secondary N) is 3. The highest BCUT2D eigenvalue weighted by Gasteiger charge is 2.26. The number of amides is 1. The molecule has 0 unspecified atom stereocenters. The average molecular weight is 362 g/mol. The molecular weight excluding hydrogens is 340 g/mol. The lowest BCUT2D eigenvalue weighted by Gasteiger charge is -2.13. The lowest BCUT2D eigenvalue weighted by Crippen LogP contribution is -2.25. The van der Waals surface area contributed by atoms with Crippen molar-refractivity contribution in [2.24, 2.45) is 0 Å². The van der Waals surface area contributed by atoms with Gasteiger partial charge < -0.3 is 15.4 Å². The van der Waals surface area contributed by atoms with Gasteiger partial charge in [0.2, 0.25) is 0 Å². The van der Waals surface area contributed by atoms with Crippen LogP contribution in [0.4, 0.5) is 5.00 Å². The van der Waals surface area contributed by atoms with Gasteiger partial charge in [-0.25, -0.2) is 4.79 Å². The fourth-order valence-corrected chi connectivity index (χ4v) is 4.22. The molecule has 0 bridgehead atoms. The van der Waals surface area contributed by atoms with Crippen LogP contribution in [0.15, 0.2) is 0 Å². The largest absolute Gasteiger partial charge is 0.462 e. The van der Waals surface area contributed by atoms with Crippen molar-refractivity contribution in [3.8, 4) is 0 Å². The third kappa shape index (κ3) is 3.32. The molecule has 3 N–H and O–H groups in total. The molecule has 2 aromatic heterocycles. The zero-order valence-corrected chi connectivity index (χ0v) is 15.4. The Morgan fingerprint density at radius 3 is 2.88 bits per heavy atom. The lowest BCUT2D eigenvalue weighted by atomic mass is 10.1. The van der Waals surface area contributed by atoms with Gasteiger partial charge in [0.05, 0.1) is 12.2 Å². The van der Waals surface area contributed by atoms with E-state index in [1.54, 1.807) is 6.92 Å². The minimum Gasteiger partial charge on any atom is -0.462 e. The van der Waals surface area contributed by atoms with Crippen LogP contribution in [-0.4, -0.2) is 35.2 Å². The monoisotopic (exact) mass is 362 g/mol. The van der Waals surface area contributed by atoms with Crippen LogP contribution in [-0.2, 0) is 24.1 Å². The van der Waals surface area contributed by atoms with Crippen molar-refractivity contribution in [1.29, 1.82) is 0 Å². The first-order chi connectivity index (χ1) is 12.1. The fourth-order valence-electron chi connectivity index (χ4n) is 3.09. The molecule has 3 rings (SSSR count). The molecule has 0 radical (unpaired) electrons. The van der Waals surface area contributed by atoms with Crippen LogP contribution in [0.5, 0.6) is 0 Å². The number of fused-ring (bicyclic) bond motifs is 1. The zero-order chi connectivity index (χ0) is 18.0. The number of hydrogen-bond donors (Lipinski definition) is 3. The molecule has 0 atom stereocenters. The summed E-state index contributed by atoms with van der Waals surface area (Å²) in [6.45, 7) is 7.48. The molecule has 0 fully saturated rings. The Morgan fingerprint density at radius 2 is 2.16 bits per heavy atom. The summed E-state index contributed by atoms with van der Waals surface area (Å²) in [6, 6.07) is 0. The summed E-state index contributed by atoms with van der Waals surface area (Å²) in [6.07, 6.45) is 1.52. The number of aromatic nitrogens is 2. The highest BCUT2D eigenvalue weighted by atomic mass is 32.1. The minimum absolute atomic E-state index is 0.294. The van der Waals surface area contributed by atoms with Crippen molar-refractivity contribution in [1.82, 2.24) is 15.5 Å². The Balaban J connectivity index is 1.91. The van der Waals surface area contributed by atoms with Gasteiger partial charge >= 0.3 is 5.97 Å². The summed E-state index contributed by atoms with van der Waals surface area (Å²) in [5, 5.41) is 13.7. The number of aromatic amines is 1. The maximum absolute atomic E-state index is 12.7. The predicted molar refractivity (Wildman–Crippen MR) is 96.3 cm³/mol. The quantitative estimate of drug-likeness (QED) is 0.710. The topological polar surface area (TPSA) is 96.1 Å². The molecule has 0 saturated heterocycles. The number of esters is 1. The van der Waals surface area contributed by atoms with Gasteiger partial charge in [-0.1, -0.05) is 6.92 Å². The van der Waals surface area contributed by atoms with E-state index in [4.69, 9.17) is 4.74 Å². The van der Waals surface area contributed by atoms with Crippen LogP contribution in [0.3, 0.4) is 0 Å². The molecule has 1 amide bonds. The van der Waals surface area contributed by atoms with Gasteiger partial charge in [-0.3, -0.25) is 9.89 Å². The Bertz CT molecular complexity index is 809. The highest BCUT2D eigenvalue weighted by Crippen LogP contribution is 2.34. The third-order valence-corrected chi connectivity index (χ3v) is 5.35. The van der Waals surface area contributed by atoms with Gasteiger partial charge in [0, 0.05) is 35.6 Å². The van der Waals surface area contributed by atoms with E-state index in [0.29, 0.717) is 35.8 Å². The summed E-state index contributed by atoms with van der Waals surface area (Å²) in [4.78, 5) is 26.1. The number of ether oxygens (including phenoxy) is 1. The summed E-state index contributed by atoms with van der Waals surface area (Å²) >= 11 is 1.40. The first-order valence-corrected chi connectivity index (χ1v) is 9.25. The van der Waals surface area contributed by atoms with E-state index in [2.05, 4.69) is 20.8 Å². The molecule has 25 heavy (non-hydrogen) atoms. The van der Waals surface area contributed by atoms with E-state index in [0.717, 1.165) is 34.7 Å². The summed E-state index contributed by atoms with van der Waals surface area (Å²) in [5.74, 6) is -0.708. The number of rotatable bonds is 5. The first-order valence-electron chi connectivity index (χ1n) is 8.44. The number of carbonyl (C=O) groups is 2. The SMILES string of the molecule is CCOC(=O)c1c(NC(=O)c2n[nH]c3c2CNCC3)sc(C)c1CC. The summed E-state index contributed by atoms with van der Waals surface area (Å²) in [7, 11) is 0. The van der Waals surface area contributed by atoms with Crippen LogP contribution >= 0.6 is 11.3 Å². The van der Waals surface area contributed by atoms with Crippen molar-refractivity contribution >= 4 is 28.2 Å². The van der Waals surface area contributed by atoms with E-state index in [1.165, 1.54) is 11.3 Å². The Kier molecular flexibility index (Phi) is 5.19. The zero-order valence-electron chi connectivity index (χ0n) is 14.6. The predicted octanol–water partition coefficient (Wildman–Crippen LogP) is 2.42. The van der Waals surface area contributed by atoms with Crippen molar-refractivity contribution < 1.29 is 14.3 Å². The molecule has 3 heterocycles. The van der Waals surface area contributed by atoms with Crippen LogP contribution in [0, 0.1) is 6.92 Å². The Morgan fingerprint density at radius 1 is 1.36 bits per heavy atom. The lowest BCUT2D eigenvalue weighted by molar-refractivity contribution is 0.0527. The standard InChI is InChI=1S/C17H22N4O3S/c1-4-10-9(3)25-16(13(10)17(23)24-5-2)19-15(22)14-11-8-18-7-6-12(11)20-21-14/h18H,4-8H2,1-3H3,(H,19,22)(H,20,21). The smallest absolute Gasteiger partial charge is 0.341 e.